The number of nitrogens with zero attached hydrogens (tertiary/aromatic N) is 2. The van der Waals surface area contributed by atoms with Gasteiger partial charge in [0.15, 0.2) is 6.61 Å². The number of hydrogen-bond acceptors (Lipinski definition) is 4. The highest BCUT2D eigenvalue weighted by Gasteiger charge is 2.32. The third-order valence-electron chi connectivity index (χ3n) is 2.42. The Bertz CT molecular complexity index is 327. The topological polar surface area (TPSA) is 59.1 Å². The van der Waals surface area contributed by atoms with Crippen LogP contribution in [-0.4, -0.2) is 67.6 Å². The molecule has 0 aromatic rings. The first-order chi connectivity index (χ1) is 8.83. The van der Waals surface area contributed by atoms with Gasteiger partial charge in [-0.25, -0.2) is 9.59 Å². The number of rotatable bonds is 2. The number of alkyl halides is 3. The van der Waals surface area contributed by atoms with E-state index in [1.165, 1.54) is 4.90 Å². The van der Waals surface area contributed by atoms with E-state index in [0.29, 0.717) is 0 Å². The number of piperazine rings is 1. The van der Waals surface area contributed by atoms with Crippen LogP contribution >= 0.6 is 0 Å². The lowest BCUT2D eigenvalue weighted by atomic mass is 10.3. The predicted molar refractivity (Wildman–Crippen MR) is 57.6 cm³/mol. The van der Waals surface area contributed by atoms with E-state index >= 15 is 0 Å². The Morgan fingerprint density at radius 2 is 1.42 bits per heavy atom. The van der Waals surface area contributed by atoms with Gasteiger partial charge in [-0.3, -0.25) is 0 Å². The van der Waals surface area contributed by atoms with Gasteiger partial charge < -0.3 is 19.3 Å². The summed E-state index contributed by atoms with van der Waals surface area (Å²) in [4.78, 5) is 25.2. The molecule has 0 aromatic carbocycles. The van der Waals surface area contributed by atoms with Crippen molar-refractivity contribution in [2.24, 2.45) is 0 Å². The maximum Gasteiger partial charge on any atom is 0.422 e. The van der Waals surface area contributed by atoms with E-state index in [2.05, 4.69) is 4.74 Å². The minimum atomic E-state index is -4.54. The van der Waals surface area contributed by atoms with Crippen molar-refractivity contribution in [3.63, 3.8) is 0 Å². The Hall–Kier alpha value is -1.67. The molecule has 1 aliphatic rings. The molecule has 0 aromatic heterocycles. The fourth-order valence-corrected chi connectivity index (χ4v) is 1.52. The lowest BCUT2D eigenvalue weighted by Crippen LogP contribution is -2.51. The molecule has 0 atom stereocenters. The van der Waals surface area contributed by atoms with E-state index in [1.54, 1.807) is 6.92 Å². The molecule has 1 aliphatic heterocycles. The molecule has 0 N–H and O–H groups in total. The van der Waals surface area contributed by atoms with Crippen LogP contribution in [0.15, 0.2) is 0 Å². The van der Waals surface area contributed by atoms with E-state index in [1.807, 2.05) is 0 Å². The highest BCUT2D eigenvalue weighted by Crippen LogP contribution is 2.15. The average molecular weight is 284 g/mol. The summed E-state index contributed by atoms with van der Waals surface area (Å²) in [7, 11) is 0. The summed E-state index contributed by atoms with van der Waals surface area (Å²) in [6.45, 7) is 0.962. The Morgan fingerprint density at radius 1 is 1.00 bits per heavy atom. The molecule has 0 saturated carbocycles. The number of amides is 2. The third kappa shape index (κ3) is 5.23. The van der Waals surface area contributed by atoms with Gasteiger partial charge in [0.1, 0.15) is 0 Å². The summed E-state index contributed by atoms with van der Waals surface area (Å²) in [6.07, 6.45) is -6.06. The van der Waals surface area contributed by atoms with Gasteiger partial charge in [0.05, 0.1) is 6.61 Å². The zero-order valence-electron chi connectivity index (χ0n) is 10.4. The Balaban J connectivity index is 2.33. The Kier molecular flexibility index (Phi) is 5.25. The van der Waals surface area contributed by atoms with Gasteiger partial charge in [0.25, 0.3) is 0 Å². The van der Waals surface area contributed by atoms with Crippen molar-refractivity contribution < 1.29 is 32.2 Å². The highest BCUT2D eigenvalue weighted by atomic mass is 19.4. The van der Waals surface area contributed by atoms with Crippen LogP contribution in [0.5, 0.6) is 0 Å². The smallest absolute Gasteiger partial charge is 0.422 e. The molecule has 1 saturated heterocycles. The van der Waals surface area contributed by atoms with Crippen molar-refractivity contribution in [1.29, 1.82) is 0 Å². The second-order valence-corrected chi connectivity index (χ2v) is 3.84. The SMILES string of the molecule is CCOC(=O)N1CCN(C(=O)OCC(F)(F)F)CC1. The molecule has 0 radical (unpaired) electrons. The number of ether oxygens (including phenoxy) is 2. The summed E-state index contributed by atoms with van der Waals surface area (Å²) in [5.74, 6) is 0. The molecular formula is C10H15F3N2O4. The van der Waals surface area contributed by atoms with Crippen molar-refractivity contribution in [3.05, 3.63) is 0 Å². The second kappa shape index (κ2) is 6.48. The molecule has 6 nitrogen and oxygen atoms in total. The molecular weight excluding hydrogens is 269 g/mol. The molecule has 2 amide bonds. The van der Waals surface area contributed by atoms with Crippen molar-refractivity contribution in [2.45, 2.75) is 13.1 Å². The van der Waals surface area contributed by atoms with Gasteiger partial charge in [0, 0.05) is 26.2 Å². The number of carbonyl (C=O) groups excluding carboxylic acids is 2. The van der Waals surface area contributed by atoms with Gasteiger partial charge >= 0.3 is 18.4 Å². The minimum Gasteiger partial charge on any atom is -0.450 e. The summed E-state index contributed by atoms with van der Waals surface area (Å²) in [5.41, 5.74) is 0. The quantitative estimate of drug-likeness (QED) is 0.770. The van der Waals surface area contributed by atoms with Crippen LogP contribution < -0.4 is 0 Å². The van der Waals surface area contributed by atoms with Crippen LogP contribution in [0.1, 0.15) is 6.92 Å². The lowest BCUT2D eigenvalue weighted by Gasteiger charge is -2.33. The number of halogens is 3. The van der Waals surface area contributed by atoms with Crippen LogP contribution in [0.3, 0.4) is 0 Å². The molecule has 0 bridgehead atoms. The summed E-state index contributed by atoms with van der Waals surface area (Å²) < 4.78 is 44.5. The maximum atomic E-state index is 11.9. The van der Waals surface area contributed by atoms with Crippen LogP contribution in [-0.2, 0) is 9.47 Å². The second-order valence-electron chi connectivity index (χ2n) is 3.84. The third-order valence-corrected chi connectivity index (χ3v) is 2.42. The minimum absolute atomic E-state index is 0.121. The first-order valence-corrected chi connectivity index (χ1v) is 5.73. The van der Waals surface area contributed by atoms with E-state index in [-0.39, 0.29) is 32.8 Å². The van der Waals surface area contributed by atoms with Gasteiger partial charge in [0.2, 0.25) is 0 Å². The molecule has 0 unspecified atom stereocenters. The first kappa shape index (κ1) is 15.4. The molecule has 0 aliphatic carbocycles. The van der Waals surface area contributed by atoms with Crippen molar-refractivity contribution in [1.82, 2.24) is 9.80 Å². The average Bonchev–Trinajstić information content (AvgIpc) is 2.35. The maximum absolute atomic E-state index is 11.9. The Labute approximate surface area is 108 Å². The molecule has 1 heterocycles. The van der Waals surface area contributed by atoms with Gasteiger partial charge in [-0.15, -0.1) is 0 Å². The predicted octanol–water partition coefficient (Wildman–Crippen LogP) is 1.46. The van der Waals surface area contributed by atoms with Crippen LogP contribution in [0, 0.1) is 0 Å². The van der Waals surface area contributed by atoms with Crippen LogP contribution in [0.4, 0.5) is 22.8 Å². The van der Waals surface area contributed by atoms with Crippen LogP contribution in [0.25, 0.3) is 0 Å². The number of hydrogen-bond donors (Lipinski definition) is 0. The zero-order valence-corrected chi connectivity index (χ0v) is 10.4. The summed E-state index contributed by atoms with van der Waals surface area (Å²) in [5, 5.41) is 0. The number of carbonyl (C=O) groups is 2. The molecule has 110 valence electrons. The van der Waals surface area contributed by atoms with Gasteiger partial charge in [-0.05, 0) is 6.92 Å². The first-order valence-electron chi connectivity index (χ1n) is 5.73. The van der Waals surface area contributed by atoms with E-state index in [0.717, 1.165) is 4.90 Å². The fourth-order valence-electron chi connectivity index (χ4n) is 1.52. The molecule has 1 fully saturated rings. The molecule has 0 spiro atoms. The van der Waals surface area contributed by atoms with E-state index in [4.69, 9.17) is 4.74 Å². The standard InChI is InChI=1S/C10H15F3N2O4/c1-2-18-8(16)14-3-5-15(6-4-14)9(17)19-7-10(11,12)13/h2-7H2,1H3. The van der Waals surface area contributed by atoms with E-state index < -0.39 is 25.0 Å². The lowest BCUT2D eigenvalue weighted by molar-refractivity contribution is -0.162. The normalized spacial score (nSPS) is 16.2. The van der Waals surface area contributed by atoms with Gasteiger partial charge in [-0.1, -0.05) is 0 Å². The fraction of sp³-hybridized carbons (Fsp3) is 0.800. The van der Waals surface area contributed by atoms with Crippen molar-refractivity contribution in [3.8, 4) is 0 Å². The summed E-state index contributed by atoms with van der Waals surface area (Å²) in [6, 6.07) is 0. The van der Waals surface area contributed by atoms with Crippen LogP contribution in [0.2, 0.25) is 0 Å². The summed E-state index contributed by atoms with van der Waals surface area (Å²) >= 11 is 0. The molecule has 19 heavy (non-hydrogen) atoms. The van der Waals surface area contributed by atoms with E-state index in [9.17, 15) is 22.8 Å². The van der Waals surface area contributed by atoms with Crippen molar-refractivity contribution in [2.75, 3.05) is 39.4 Å². The molecule has 9 heteroatoms. The Morgan fingerprint density at radius 3 is 1.79 bits per heavy atom. The zero-order chi connectivity index (χ0) is 14.5. The monoisotopic (exact) mass is 284 g/mol. The van der Waals surface area contributed by atoms with Crippen molar-refractivity contribution >= 4 is 12.2 Å². The highest BCUT2D eigenvalue weighted by molar-refractivity contribution is 5.70. The van der Waals surface area contributed by atoms with Gasteiger partial charge in [-0.2, -0.15) is 13.2 Å². The largest absolute Gasteiger partial charge is 0.450 e. The molecule has 1 rings (SSSR count).